The van der Waals surface area contributed by atoms with E-state index in [2.05, 4.69) is 10.3 Å². The van der Waals surface area contributed by atoms with Crippen LogP contribution < -0.4 is 11.1 Å². The number of nitrogens with zero attached hydrogens (tertiary/aromatic N) is 1. The Hall–Kier alpha value is -1.59. The molecule has 2 unspecified atom stereocenters. The normalized spacial score (nSPS) is 28.0. The van der Waals surface area contributed by atoms with Gasteiger partial charge in [-0.3, -0.25) is 4.99 Å². The number of benzene rings is 1. The molecule has 1 aromatic rings. The second-order valence-electron chi connectivity index (χ2n) is 6.09. The molecule has 1 aliphatic carbocycles. The highest BCUT2D eigenvalue weighted by Crippen LogP contribution is 2.51. The largest absolute Gasteiger partial charge is 0.387 e. The standard InChI is InChI=1S/C16H25N3O2/c1-4-21-13-10-16(20,15(13,2)3)11-18-14(17)19-12-8-6-5-7-9-12/h5-9,13,20H,4,10-11H2,1-3H3,(H3,17,18,19). The summed E-state index contributed by atoms with van der Waals surface area (Å²) >= 11 is 0. The summed E-state index contributed by atoms with van der Waals surface area (Å²) in [4.78, 5) is 4.28. The van der Waals surface area contributed by atoms with Crippen molar-refractivity contribution in [2.24, 2.45) is 16.1 Å². The highest BCUT2D eigenvalue weighted by Gasteiger charge is 2.59. The molecule has 0 spiro atoms. The summed E-state index contributed by atoms with van der Waals surface area (Å²) in [6.45, 7) is 6.91. The SMILES string of the molecule is CCOC1CC(O)(CN=C(N)Nc2ccccc2)C1(C)C. The van der Waals surface area contributed by atoms with Crippen molar-refractivity contribution in [3.05, 3.63) is 30.3 Å². The third-order valence-corrected chi connectivity index (χ3v) is 4.45. The lowest BCUT2D eigenvalue weighted by Gasteiger charge is -2.57. The predicted molar refractivity (Wildman–Crippen MR) is 85.3 cm³/mol. The monoisotopic (exact) mass is 291 g/mol. The van der Waals surface area contributed by atoms with Crippen LogP contribution in [0, 0.1) is 5.41 Å². The van der Waals surface area contributed by atoms with Crippen LogP contribution in [-0.4, -0.2) is 35.9 Å². The molecule has 0 radical (unpaired) electrons. The molecule has 1 saturated carbocycles. The minimum absolute atomic E-state index is 0.0750. The van der Waals surface area contributed by atoms with Crippen LogP contribution in [-0.2, 0) is 4.74 Å². The van der Waals surface area contributed by atoms with Gasteiger partial charge in [0.05, 0.1) is 18.2 Å². The number of hydrogen-bond acceptors (Lipinski definition) is 3. The van der Waals surface area contributed by atoms with Gasteiger partial charge < -0.3 is 20.9 Å². The Labute approximate surface area is 126 Å². The van der Waals surface area contributed by atoms with E-state index in [4.69, 9.17) is 10.5 Å². The summed E-state index contributed by atoms with van der Waals surface area (Å²) in [6.07, 6.45) is 0.668. The Morgan fingerprint density at radius 2 is 2.10 bits per heavy atom. The molecular weight excluding hydrogens is 266 g/mol. The summed E-state index contributed by atoms with van der Waals surface area (Å²) in [5, 5.41) is 13.7. The fourth-order valence-corrected chi connectivity index (χ4v) is 2.66. The first-order chi connectivity index (χ1) is 9.89. The fourth-order valence-electron chi connectivity index (χ4n) is 2.66. The molecule has 0 amide bonds. The minimum Gasteiger partial charge on any atom is -0.387 e. The van der Waals surface area contributed by atoms with Crippen molar-refractivity contribution >= 4 is 11.6 Å². The maximum atomic E-state index is 10.7. The zero-order chi connectivity index (χ0) is 15.5. The molecule has 0 bridgehead atoms. The van der Waals surface area contributed by atoms with Crippen LogP contribution in [0.25, 0.3) is 0 Å². The summed E-state index contributed by atoms with van der Waals surface area (Å²) in [7, 11) is 0. The number of ether oxygens (including phenoxy) is 1. The molecule has 2 rings (SSSR count). The number of para-hydroxylation sites is 1. The van der Waals surface area contributed by atoms with Crippen molar-refractivity contribution < 1.29 is 9.84 Å². The summed E-state index contributed by atoms with van der Waals surface area (Å²) in [6, 6.07) is 9.60. The highest BCUT2D eigenvalue weighted by atomic mass is 16.5. The fraction of sp³-hybridized carbons (Fsp3) is 0.562. The summed E-state index contributed by atoms with van der Waals surface area (Å²) < 4.78 is 5.64. The van der Waals surface area contributed by atoms with Crippen molar-refractivity contribution in [3.8, 4) is 0 Å². The lowest BCUT2D eigenvalue weighted by Crippen LogP contribution is -2.66. The molecule has 5 nitrogen and oxygen atoms in total. The molecule has 0 aromatic heterocycles. The van der Waals surface area contributed by atoms with Crippen molar-refractivity contribution in [3.63, 3.8) is 0 Å². The predicted octanol–water partition coefficient (Wildman–Crippen LogP) is 1.98. The average molecular weight is 291 g/mol. The molecule has 4 N–H and O–H groups in total. The van der Waals surface area contributed by atoms with Gasteiger partial charge in [-0.2, -0.15) is 0 Å². The third kappa shape index (κ3) is 3.19. The maximum absolute atomic E-state index is 10.7. The van der Waals surface area contributed by atoms with E-state index in [1.54, 1.807) is 0 Å². The van der Waals surface area contributed by atoms with E-state index >= 15 is 0 Å². The molecule has 1 aromatic carbocycles. The summed E-state index contributed by atoms with van der Waals surface area (Å²) in [5.41, 5.74) is 5.57. The van der Waals surface area contributed by atoms with E-state index in [0.717, 1.165) is 5.69 Å². The van der Waals surface area contributed by atoms with Crippen LogP contribution in [0.15, 0.2) is 35.3 Å². The average Bonchev–Trinajstić information content (AvgIpc) is 2.46. The molecular formula is C16H25N3O2. The zero-order valence-electron chi connectivity index (χ0n) is 13.0. The maximum Gasteiger partial charge on any atom is 0.193 e. The van der Waals surface area contributed by atoms with Crippen LogP contribution in [0.3, 0.4) is 0 Å². The van der Waals surface area contributed by atoms with Gasteiger partial charge >= 0.3 is 0 Å². The van der Waals surface area contributed by atoms with E-state index in [-0.39, 0.29) is 18.1 Å². The Morgan fingerprint density at radius 1 is 1.43 bits per heavy atom. The molecule has 0 heterocycles. The highest BCUT2D eigenvalue weighted by molar-refractivity contribution is 5.92. The second kappa shape index (κ2) is 6.03. The van der Waals surface area contributed by atoms with Crippen molar-refractivity contribution in [2.45, 2.75) is 38.9 Å². The minimum atomic E-state index is -0.865. The lowest BCUT2D eigenvalue weighted by atomic mass is 9.56. The molecule has 1 aliphatic rings. The molecule has 2 atom stereocenters. The van der Waals surface area contributed by atoms with Gasteiger partial charge in [-0.05, 0) is 19.1 Å². The van der Waals surface area contributed by atoms with E-state index in [9.17, 15) is 5.11 Å². The van der Waals surface area contributed by atoms with Gasteiger partial charge in [-0.25, -0.2) is 0 Å². The number of nitrogens with one attached hydrogen (secondary N) is 1. The number of aliphatic imine (C=N–C) groups is 1. The first kappa shape index (κ1) is 15.8. The third-order valence-electron chi connectivity index (χ3n) is 4.45. The van der Waals surface area contributed by atoms with Gasteiger partial charge in [0.1, 0.15) is 0 Å². The number of guanidine groups is 1. The van der Waals surface area contributed by atoms with Crippen LogP contribution in [0.4, 0.5) is 5.69 Å². The van der Waals surface area contributed by atoms with Gasteiger partial charge in [0.2, 0.25) is 0 Å². The van der Waals surface area contributed by atoms with Crippen LogP contribution >= 0.6 is 0 Å². The molecule has 0 saturated heterocycles. The van der Waals surface area contributed by atoms with Crippen LogP contribution in [0.5, 0.6) is 0 Å². The summed E-state index contributed by atoms with van der Waals surface area (Å²) in [5.74, 6) is 0.310. The Balaban J connectivity index is 1.94. The zero-order valence-corrected chi connectivity index (χ0v) is 13.0. The van der Waals surface area contributed by atoms with E-state index in [0.29, 0.717) is 19.0 Å². The quantitative estimate of drug-likeness (QED) is 0.572. The molecule has 116 valence electrons. The first-order valence-corrected chi connectivity index (χ1v) is 7.35. The number of hydrogen-bond donors (Lipinski definition) is 3. The lowest BCUT2D eigenvalue weighted by molar-refractivity contribution is -0.235. The Morgan fingerprint density at radius 3 is 2.67 bits per heavy atom. The van der Waals surface area contributed by atoms with Gasteiger partial charge in [-0.15, -0.1) is 0 Å². The van der Waals surface area contributed by atoms with Gasteiger partial charge in [-0.1, -0.05) is 32.0 Å². The molecule has 1 fully saturated rings. The van der Waals surface area contributed by atoms with E-state index in [1.165, 1.54) is 0 Å². The molecule has 5 heteroatoms. The molecule has 21 heavy (non-hydrogen) atoms. The van der Waals surface area contributed by atoms with Crippen LogP contribution in [0.1, 0.15) is 27.2 Å². The topological polar surface area (TPSA) is 79.9 Å². The second-order valence-corrected chi connectivity index (χ2v) is 6.09. The van der Waals surface area contributed by atoms with Crippen molar-refractivity contribution in [1.82, 2.24) is 0 Å². The number of anilines is 1. The number of rotatable bonds is 5. The van der Waals surface area contributed by atoms with E-state index in [1.807, 2.05) is 51.1 Å². The van der Waals surface area contributed by atoms with Gasteiger partial charge in [0.25, 0.3) is 0 Å². The van der Waals surface area contributed by atoms with Crippen LogP contribution in [0.2, 0.25) is 0 Å². The smallest absolute Gasteiger partial charge is 0.193 e. The van der Waals surface area contributed by atoms with Crippen molar-refractivity contribution in [2.75, 3.05) is 18.5 Å². The van der Waals surface area contributed by atoms with Gasteiger partial charge in [0, 0.05) is 24.1 Å². The molecule has 0 aliphatic heterocycles. The van der Waals surface area contributed by atoms with Gasteiger partial charge in [0.15, 0.2) is 5.96 Å². The Bertz CT molecular complexity index is 502. The number of aliphatic hydroxyl groups is 1. The first-order valence-electron chi connectivity index (χ1n) is 7.35. The van der Waals surface area contributed by atoms with E-state index < -0.39 is 5.60 Å². The Kier molecular flexibility index (Phi) is 4.54. The van der Waals surface area contributed by atoms with Crippen molar-refractivity contribution in [1.29, 1.82) is 0 Å². The number of nitrogens with two attached hydrogens (primary N) is 1.